The molecule has 3 N–H and O–H groups in total. The van der Waals surface area contributed by atoms with Crippen LogP contribution in [0.3, 0.4) is 0 Å². The lowest BCUT2D eigenvalue weighted by molar-refractivity contribution is -0.137. The van der Waals surface area contributed by atoms with Gasteiger partial charge < -0.3 is 29.9 Å². The lowest BCUT2D eigenvalue weighted by Gasteiger charge is -2.32. The van der Waals surface area contributed by atoms with Crippen molar-refractivity contribution in [1.29, 1.82) is 5.26 Å². The van der Waals surface area contributed by atoms with E-state index in [1.54, 1.807) is 13.8 Å². The van der Waals surface area contributed by atoms with Crippen molar-refractivity contribution in [2.45, 2.75) is 62.6 Å². The second-order valence-electron chi connectivity index (χ2n) is 10.3. The maximum atomic E-state index is 13.6. The third-order valence-corrected chi connectivity index (χ3v) is 7.76. The minimum atomic E-state index is -4.81. The highest BCUT2D eigenvalue weighted by atomic mass is 19.4. The second-order valence-corrected chi connectivity index (χ2v) is 10.3. The van der Waals surface area contributed by atoms with Gasteiger partial charge in [-0.15, -0.1) is 0 Å². The van der Waals surface area contributed by atoms with Crippen LogP contribution in [0.4, 0.5) is 18.0 Å². The monoisotopic (exact) mass is 520 g/mol. The second kappa shape index (κ2) is 8.29. The molecule has 3 aliphatic heterocycles. The zero-order valence-electron chi connectivity index (χ0n) is 20.5. The average Bonchev–Trinajstić information content (AvgIpc) is 3.34. The van der Waals surface area contributed by atoms with Crippen LogP contribution in [0.5, 0.6) is 11.8 Å². The summed E-state index contributed by atoms with van der Waals surface area (Å²) in [6, 6.07) is 3.79. The van der Waals surface area contributed by atoms with Crippen LogP contribution in [0.2, 0.25) is 0 Å². The Labute approximate surface area is 211 Å². The number of ether oxygens (including phenoxy) is 2. The Morgan fingerprint density at radius 3 is 2.49 bits per heavy atom. The van der Waals surface area contributed by atoms with Gasteiger partial charge in [-0.25, -0.2) is 4.79 Å². The van der Waals surface area contributed by atoms with Gasteiger partial charge in [0.25, 0.3) is 0 Å². The van der Waals surface area contributed by atoms with Gasteiger partial charge in [-0.2, -0.15) is 18.4 Å². The lowest BCUT2D eigenvalue weighted by Crippen LogP contribution is -2.48. The van der Waals surface area contributed by atoms with Gasteiger partial charge >= 0.3 is 12.3 Å². The number of aromatic nitrogens is 1. The zero-order valence-corrected chi connectivity index (χ0v) is 20.5. The number of aromatic hydroxyl groups is 2. The van der Waals surface area contributed by atoms with Crippen LogP contribution in [-0.2, 0) is 26.9 Å². The van der Waals surface area contributed by atoms with E-state index in [-0.39, 0.29) is 29.3 Å². The van der Waals surface area contributed by atoms with Gasteiger partial charge in [0, 0.05) is 19.5 Å². The van der Waals surface area contributed by atoms with E-state index in [9.17, 15) is 28.2 Å². The zero-order chi connectivity index (χ0) is 26.9. The fourth-order valence-electron chi connectivity index (χ4n) is 5.93. The normalized spacial score (nSPS) is 27.6. The first-order valence-corrected chi connectivity index (χ1v) is 11.9. The molecule has 0 radical (unpaired) electrons. The number of carbonyl (C=O) groups is 1. The van der Waals surface area contributed by atoms with E-state index in [0.717, 1.165) is 23.7 Å². The van der Waals surface area contributed by atoms with Crippen molar-refractivity contribution < 1.29 is 37.7 Å². The molecule has 5 rings (SSSR count). The van der Waals surface area contributed by atoms with E-state index in [0.29, 0.717) is 18.9 Å². The number of hydrogen-bond donors (Lipinski definition) is 3. The van der Waals surface area contributed by atoms with Gasteiger partial charge in [-0.05, 0) is 51.9 Å². The van der Waals surface area contributed by atoms with Crippen molar-refractivity contribution in [3.8, 4) is 23.5 Å². The largest absolute Gasteiger partial charge is 0.494 e. The highest BCUT2D eigenvalue weighted by molar-refractivity contribution is 5.70. The molecule has 2 bridgehead atoms. The summed E-state index contributed by atoms with van der Waals surface area (Å²) in [6.45, 7) is 4.96. The van der Waals surface area contributed by atoms with E-state index >= 15 is 0 Å². The summed E-state index contributed by atoms with van der Waals surface area (Å²) in [4.78, 5) is 14.9. The van der Waals surface area contributed by atoms with E-state index in [1.807, 2.05) is 7.05 Å². The molecule has 3 aliphatic rings. The topological polar surface area (TPSA) is 120 Å². The van der Waals surface area contributed by atoms with Gasteiger partial charge in [0.2, 0.25) is 11.8 Å². The van der Waals surface area contributed by atoms with E-state index < -0.39 is 52.4 Å². The van der Waals surface area contributed by atoms with Gasteiger partial charge in [-0.1, -0.05) is 0 Å². The average molecular weight is 521 g/mol. The van der Waals surface area contributed by atoms with Crippen molar-refractivity contribution in [3.63, 3.8) is 0 Å². The molecule has 3 atom stereocenters. The number of nitrogens with zero attached hydrogens (tertiary/aromatic N) is 3. The first-order chi connectivity index (χ1) is 17.3. The number of carbonyl (C=O) groups excluding carboxylic acids is 1. The Balaban J connectivity index is 1.47. The highest BCUT2D eigenvalue weighted by Crippen LogP contribution is 2.64. The highest BCUT2D eigenvalue weighted by Gasteiger charge is 2.65. The Bertz CT molecular complexity index is 1310. The number of alkyl carbamates (subject to hydrolysis) is 1. The molecule has 1 aromatic heterocycles. The van der Waals surface area contributed by atoms with Crippen LogP contribution >= 0.6 is 0 Å². The van der Waals surface area contributed by atoms with Crippen LogP contribution in [0.15, 0.2) is 18.2 Å². The molecular formula is C25H27F3N4O5. The molecule has 1 aromatic carbocycles. The molecule has 2 saturated heterocycles. The minimum Gasteiger partial charge on any atom is -0.494 e. The predicted molar refractivity (Wildman–Crippen MR) is 123 cm³/mol. The fraction of sp³-hybridized carbons (Fsp3) is 0.520. The number of piperidine rings is 1. The Morgan fingerprint density at radius 1 is 1.22 bits per heavy atom. The molecule has 0 unspecified atom stereocenters. The van der Waals surface area contributed by atoms with Gasteiger partial charge in [0.05, 0.1) is 45.7 Å². The Hall–Kier alpha value is -3.43. The summed E-state index contributed by atoms with van der Waals surface area (Å²) in [6.07, 6.45) is -3.97. The van der Waals surface area contributed by atoms with Crippen molar-refractivity contribution in [2.24, 2.45) is 0 Å². The summed E-state index contributed by atoms with van der Waals surface area (Å²) >= 11 is 0. The van der Waals surface area contributed by atoms with Crippen molar-refractivity contribution in [1.82, 2.24) is 14.8 Å². The summed E-state index contributed by atoms with van der Waals surface area (Å²) in [5, 5.41) is 34.2. The molecule has 198 valence electrons. The van der Waals surface area contributed by atoms with Crippen LogP contribution < -0.4 is 5.32 Å². The number of nitrogens with one attached hydrogen (secondary N) is 1. The standard InChI is InChI=1S/C25H27F3N4O5/c1-23-11-17(30-22(35)36-15-6-8-31(3)9-7-15)24(2,37-23)19-18(23)20(33)32(21(19)34)14-5-4-13(12-29)16(10-14)25(26,27)28/h4-5,10,15,17,33-34H,6-9,11H2,1-3H3,(H,30,35)/t17-,23-,24+/m0/s1. The van der Waals surface area contributed by atoms with Crippen molar-refractivity contribution in [2.75, 3.05) is 20.1 Å². The Morgan fingerprint density at radius 2 is 1.86 bits per heavy atom. The molecule has 9 nitrogen and oxygen atoms in total. The molecule has 2 aromatic rings. The summed E-state index contributed by atoms with van der Waals surface area (Å²) in [5.74, 6) is -0.976. The third kappa shape index (κ3) is 3.88. The molecule has 4 heterocycles. The number of hydrogen-bond acceptors (Lipinski definition) is 7. The molecule has 0 aliphatic carbocycles. The number of rotatable bonds is 3. The number of alkyl halides is 3. The molecule has 12 heteroatoms. The Kier molecular flexibility index (Phi) is 5.65. The first kappa shape index (κ1) is 25.2. The first-order valence-electron chi connectivity index (χ1n) is 11.9. The third-order valence-electron chi connectivity index (χ3n) is 7.76. The number of amides is 1. The summed E-state index contributed by atoms with van der Waals surface area (Å²) in [5.41, 5.74) is -3.91. The van der Waals surface area contributed by atoms with E-state index in [2.05, 4.69) is 10.2 Å². The molecule has 0 spiro atoms. The number of benzene rings is 1. The number of nitriles is 1. The van der Waals surface area contributed by atoms with Crippen LogP contribution in [-0.4, -0.2) is 58.1 Å². The maximum absolute atomic E-state index is 13.6. The molecule has 2 fully saturated rings. The number of halogens is 3. The van der Waals surface area contributed by atoms with Gasteiger partial charge in [0.1, 0.15) is 11.7 Å². The lowest BCUT2D eigenvalue weighted by atomic mass is 9.76. The number of likely N-dealkylation sites (tertiary alicyclic amines) is 1. The SMILES string of the molecule is CN1CCC(OC(=O)N[C@H]2C[C@]3(C)O[C@@]2(C)c2c3c(O)n(-c3ccc(C#N)c(C(F)(F)F)c3)c2O)CC1. The predicted octanol–water partition coefficient (Wildman–Crippen LogP) is 3.83. The minimum absolute atomic E-state index is 0.173. The van der Waals surface area contributed by atoms with Crippen molar-refractivity contribution in [3.05, 3.63) is 40.5 Å². The van der Waals surface area contributed by atoms with Gasteiger partial charge in [0.15, 0.2) is 0 Å². The molecular weight excluding hydrogens is 493 g/mol. The smallest absolute Gasteiger partial charge is 0.417 e. The van der Waals surface area contributed by atoms with E-state index in [4.69, 9.17) is 14.7 Å². The molecule has 37 heavy (non-hydrogen) atoms. The summed E-state index contributed by atoms with van der Waals surface area (Å²) < 4.78 is 53.4. The summed E-state index contributed by atoms with van der Waals surface area (Å²) in [7, 11) is 2.00. The maximum Gasteiger partial charge on any atom is 0.417 e. The van der Waals surface area contributed by atoms with Crippen LogP contribution in [0.25, 0.3) is 5.69 Å². The van der Waals surface area contributed by atoms with E-state index in [1.165, 1.54) is 12.1 Å². The molecule has 1 amide bonds. The number of fused-ring (bicyclic) bond motifs is 5. The molecule has 0 saturated carbocycles. The quantitative estimate of drug-likeness (QED) is 0.563. The van der Waals surface area contributed by atoms with Crippen LogP contribution in [0.1, 0.15) is 55.4 Å². The van der Waals surface area contributed by atoms with Gasteiger partial charge in [-0.3, -0.25) is 4.57 Å². The fourth-order valence-corrected chi connectivity index (χ4v) is 5.93. The van der Waals surface area contributed by atoms with Crippen LogP contribution in [0, 0.1) is 11.3 Å². The van der Waals surface area contributed by atoms with Crippen molar-refractivity contribution >= 4 is 6.09 Å².